The quantitative estimate of drug-likeness (QED) is 0.767. The summed E-state index contributed by atoms with van der Waals surface area (Å²) < 4.78 is 0. The van der Waals surface area contributed by atoms with Crippen LogP contribution in [0.3, 0.4) is 0 Å². The van der Waals surface area contributed by atoms with Crippen molar-refractivity contribution in [3.8, 4) is 10.7 Å². The maximum Gasteiger partial charge on any atom is 0.255 e. The van der Waals surface area contributed by atoms with Crippen LogP contribution in [0.25, 0.3) is 10.7 Å². The van der Waals surface area contributed by atoms with Gasteiger partial charge in [-0.15, -0.1) is 11.3 Å². The van der Waals surface area contributed by atoms with Crippen LogP contribution in [-0.4, -0.2) is 31.6 Å². The minimum atomic E-state index is -0.0197. The van der Waals surface area contributed by atoms with E-state index >= 15 is 0 Å². The molecule has 3 aromatic heterocycles. The Labute approximate surface area is 143 Å². The van der Waals surface area contributed by atoms with E-state index in [9.17, 15) is 4.79 Å². The molecule has 0 atom stereocenters. The molecule has 7 heteroatoms. The standard InChI is InChI=1S/C17H19N5OS/c1-10-12(11(2)21-20-10)8-22-6-5-14-13(9-22)17(23)19-16(18-14)15-4-3-7-24-15/h3-4,7H,5-6,8-9H2,1-2H3,(H,20,21)(H,18,19,23). The van der Waals surface area contributed by atoms with Crippen LogP contribution in [0, 0.1) is 13.8 Å². The van der Waals surface area contributed by atoms with Crippen molar-refractivity contribution >= 4 is 11.3 Å². The molecular weight excluding hydrogens is 322 g/mol. The van der Waals surface area contributed by atoms with E-state index in [4.69, 9.17) is 4.98 Å². The zero-order chi connectivity index (χ0) is 16.7. The van der Waals surface area contributed by atoms with Crippen molar-refractivity contribution in [1.29, 1.82) is 0 Å². The molecule has 4 rings (SSSR count). The maximum absolute atomic E-state index is 12.5. The number of thiophene rings is 1. The topological polar surface area (TPSA) is 77.7 Å². The van der Waals surface area contributed by atoms with Crippen molar-refractivity contribution in [2.75, 3.05) is 6.54 Å². The summed E-state index contributed by atoms with van der Waals surface area (Å²) in [5.41, 5.74) is 5.04. The summed E-state index contributed by atoms with van der Waals surface area (Å²) in [6.45, 7) is 6.39. The summed E-state index contributed by atoms with van der Waals surface area (Å²) in [4.78, 5) is 23.4. The zero-order valence-electron chi connectivity index (χ0n) is 13.7. The molecule has 0 aromatic carbocycles. The molecule has 0 radical (unpaired) electrons. The molecule has 0 aliphatic carbocycles. The number of rotatable bonds is 3. The normalized spacial score (nSPS) is 14.8. The Bertz CT molecular complexity index is 906. The van der Waals surface area contributed by atoms with Gasteiger partial charge in [-0.05, 0) is 25.3 Å². The van der Waals surface area contributed by atoms with Gasteiger partial charge < -0.3 is 4.98 Å². The number of hydrogen-bond donors (Lipinski definition) is 2. The second-order valence-electron chi connectivity index (χ2n) is 6.19. The van der Waals surface area contributed by atoms with Crippen LogP contribution in [0.5, 0.6) is 0 Å². The van der Waals surface area contributed by atoms with Crippen molar-refractivity contribution in [2.45, 2.75) is 33.4 Å². The first-order valence-electron chi connectivity index (χ1n) is 8.00. The van der Waals surface area contributed by atoms with Gasteiger partial charge in [0.2, 0.25) is 0 Å². The minimum absolute atomic E-state index is 0.0197. The zero-order valence-corrected chi connectivity index (χ0v) is 14.5. The van der Waals surface area contributed by atoms with Gasteiger partial charge in [-0.2, -0.15) is 5.10 Å². The Morgan fingerprint density at radius 1 is 1.38 bits per heavy atom. The van der Waals surface area contributed by atoms with Crippen LogP contribution in [0.2, 0.25) is 0 Å². The second-order valence-corrected chi connectivity index (χ2v) is 7.14. The lowest BCUT2D eigenvalue weighted by molar-refractivity contribution is 0.241. The van der Waals surface area contributed by atoms with Gasteiger partial charge in [-0.25, -0.2) is 4.98 Å². The number of aryl methyl sites for hydroxylation is 2. The van der Waals surface area contributed by atoms with Crippen LogP contribution in [0.15, 0.2) is 22.3 Å². The predicted molar refractivity (Wildman–Crippen MR) is 94.1 cm³/mol. The van der Waals surface area contributed by atoms with Crippen LogP contribution in [0.1, 0.15) is 28.2 Å². The molecule has 0 saturated heterocycles. The lowest BCUT2D eigenvalue weighted by Crippen LogP contribution is -2.35. The maximum atomic E-state index is 12.5. The van der Waals surface area contributed by atoms with Gasteiger partial charge in [-0.3, -0.25) is 14.8 Å². The number of nitrogens with zero attached hydrogens (tertiary/aromatic N) is 3. The Kier molecular flexibility index (Phi) is 3.82. The fraction of sp³-hybridized carbons (Fsp3) is 0.353. The molecule has 3 aromatic rings. The molecule has 0 bridgehead atoms. The molecule has 0 unspecified atom stereocenters. The highest BCUT2D eigenvalue weighted by Gasteiger charge is 2.23. The summed E-state index contributed by atoms with van der Waals surface area (Å²) in [6, 6.07) is 3.95. The van der Waals surface area contributed by atoms with Crippen molar-refractivity contribution in [3.05, 3.63) is 56.1 Å². The van der Waals surface area contributed by atoms with Crippen molar-refractivity contribution in [1.82, 2.24) is 25.1 Å². The highest BCUT2D eigenvalue weighted by atomic mass is 32.1. The summed E-state index contributed by atoms with van der Waals surface area (Å²) in [5, 5.41) is 9.27. The van der Waals surface area contributed by atoms with Crippen molar-refractivity contribution < 1.29 is 0 Å². The number of aromatic amines is 2. The van der Waals surface area contributed by atoms with Gasteiger partial charge in [-0.1, -0.05) is 6.07 Å². The lowest BCUT2D eigenvalue weighted by Gasteiger charge is -2.27. The highest BCUT2D eigenvalue weighted by Crippen LogP contribution is 2.23. The number of H-pyrrole nitrogens is 2. The lowest BCUT2D eigenvalue weighted by atomic mass is 10.1. The third-order valence-corrected chi connectivity index (χ3v) is 5.44. The van der Waals surface area contributed by atoms with E-state index in [1.807, 2.05) is 31.4 Å². The predicted octanol–water partition coefficient (Wildman–Crippen LogP) is 2.40. The van der Waals surface area contributed by atoms with E-state index in [0.717, 1.165) is 47.0 Å². The van der Waals surface area contributed by atoms with Crippen LogP contribution in [-0.2, 0) is 19.5 Å². The van der Waals surface area contributed by atoms with Gasteiger partial charge in [0.25, 0.3) is 5.56 Å². The molecule has 6 nitrogen and oxygen atoms in total. The van der Waals surface area contributed by atoms with E-state index in [1.54, 1.807) is 11.3 Å². The third kappa shape index (κ3) is 2.70. The molecule has 4 heterocycles. The molecule has 2 N–H and O–H groups in total. The third-order valence-electron chi connectivity index (χ3n) is 4.56. The average Bonchev–Trinajstić information content (AvgIpc) is 3.21. The summed E-state index contributed by atoms with van der Waals surface area (Å²) in [6.07, 6.45) is 0.799. The average molecular weight is 341 g/mol. The van der Waals surface area contributed by atoms with E-state index in [1.165, 1.54) is 5.56 Å². The molecule has 124 valence electrons. The van der Waals surface area contributed by atoms with Crippen LogP contribution in [0.4, 0.5) is 0 Å². The second kappa shape index (κ2) is 5.99. The van der Waals surface area contributed by atoms with E-state index in [0.29, 0.717) is 12.4 Å². The van der Waals surface area contributed by atoms with Gasteiger partial charge in [0.05, 0.1) is 21.8 Å². The van der Waals surface area contributed by atoms with E-state index in [2.05, 4.69) is 20.1 Å². The number of hydrogen-bond acceptors (Lipinski definition) is 5. The number of aromatic nitrogens is 4. The molecular formula is C17H19N5OS. The first kappa shape index (κ1) is 15.3. The first-order valence-corrected chi connectivity index (χ1v) is 8.88. The SMILES string of the molecule is Cc1n[nH]c(C)c1CN1CCc2nc(-c3cccs3)[nH]c(=O)c2C1. The number of fused-ring (bicyclic) bond motifs is 1. The fourth-order valence-electron chi connectivity index (χ4n) is 3.18. The largest absolute Gasteiger partial charge is 0.306 e. The Hall–Kier alpha value is -2.25. The van der Waals surface area contributed by atoms with Crippen LogP contribution < -0.4 is 5.56 Å². The van der Waals surface area contributed by atoms with Gasteiger partial charge in [0.1, 0.15) is 0 Å². The van der Waals surface area contributed by atoms with Gasteiger partial charge in [0, 0.05) is 37.3 Å². The summed E-state index contributed by atoms with van der Waals surface area (Å²) in [7, 11) is 0. The van der Waals surface area contributed by atoms with Crippen LogP contribution >= 0.6 is 11.3 Å². The van der Waals surface area contributed by atoms with E-state index < -0.39 is 0 Å². The molecule has 0 fully saturated rings. The van der Waals surface area contributed by atoms with Crippen molar-refractivity contribution in [3.63, 3.8) is 0 Å². The first-order chi connectivity index (χ1) is 11.6. The Morgan fingerprint density at radius 2 is 2.25 bits per heavy atom. The molecule has 1 aliphatic rings. The molecule has 24 heavy (non-hydrogen) atoms. The van der Waals surface area contributed by atoms with E-state index in [-0.39, 0.29) is 5.56 Å². The molecule has 0 amide bonds. The minimum Gasteiger partial charge on any atom is -0.306 e. The van der Waals surface area contributed by atoms with Gasteiger partial charge >= 0.3 is 0 Å². The fourth-order valence-corrected chi connectivity index (χ4v) is 3.85. The monoisotopic (exact) mass is 341 g/mol. The molecule has 1 aliphatic heterocycles. The van der Waals surface area contributed by atoms with Crippen molar-refractivity contribution in [2.24, 2.45) is 0 Å². The molecule has 0 saturated carbocycles. The number of nitrogens with one attached hydrogen (secondary N) is 2. The highest BCUT2D eigenvalue weighted by molar-refractivity contribution is 7.13. The Balaban J connectivity index is 1.61. The van der Waals surface area contributed by atoms with Gasteiger partial charge in [0.15, 0.2) is 5.82 Å². The summed E-state index contributed by atoms with van der Waals surface area (Å²) >= 11 is 1.59. The summed E-state index contributed by atoms with van der Waals surface area (Å²) in [5.74, 6) is 0.684. The smallest absolute Gasteiger partial charge is 0.255 e. The Morgan fingerprint density at radius 3 is 2.96 bits per heavy atom. The molecule has 0 spiro atoms.